The third-order valence-electron chi connectivity index (χ3n) is 6.13. The number of aryl methyl sites for hydroxylation is 2. The smallest absolute Gasteiger partial charge is 0.264 e. The summed E-state index contributed by atoms with van der Waals surface area (Å²) in [7, 11) is -7.52. The lowest BCUT2D eigenvalue weighted by molar-refractivity contribution is 0.583. The summed E-state index contributed by atoms with van der Waals surface area (Å²) < 4.78 is 53.8. The second kappa shape index (κ2) is 7.47. The quantitative estimate of drug-likeness (QED) is 0.589. The number of nitrogens with zero attached hydrogens (tertiary/aromatic N) is 2. The van der Waals surface area contributed by atoms with Crippen LogP contribution >= 0.6 is 0 Å². The van der Waals surface area contributed by atoms with Crippen LogP contribution in [0.2, 0.25) is 0 Å². The molecule has 3 aromatic carbocycles. The van der Waals surface area contributed by atoms with Gasteiger partial charge in [-0.1, -0.05) is 24.3 Å². The van der Waals surface area contributed by atoms with Crippen molar-refractivity contribution in [3.63, 3.8) is 0 Å². The van der Waals surface area contributed by atoms with Gasteiger partial charge in [-0.05, 0) is 77.9 Å². The van der Waals surface area contributed by atoms with E-state index >= 15 is 0 Å². The summed E-state index contributed by atoms with van der Waals surface area (Å²) in [6.07, 6.45) is 2.82. The minimum atomic E-state index is -3.93. The van der Waals surface area contributed by atoms with Crippen LogP contribution in [0.3, 0.4) is 0 Å². The maximum Gasteiger partial charge on any atom is 0.264 e. The molecule has 0 saturated heterocycles. The molecular weight excluding hydrogens is 444 g/mol. The molecule has 0 unspecified atom stereocenters. The fourth-order valence-corrected chi connectivity index (χ4v) is 7.52. The van der Waals surface area contributed by atoms with Crippen molar-refractivity contribution in [3.05, 3.63) is 77.4 Å². The average Bonchev–Trinajstić information content (AvgIpc) is 3.27. The first-order chi connectivity index (χ1) is 15.3. The molecule has 32 heavy (non-hydrogen) atoms. The highest BCUT2D eigenvalue weighted by Gasteiger charge is 2.36. The van der Waals surface area contributed by atoms with E-state index in [1.807, 2.05) is 6.07 Å². The summed E-state index contributed by atoms with van der Waals surface area (Å²) in [6, 6.07) is 18.9. The highest BCUT2D eigenvalue weighted by molar-refractivity contribution is 7.94. The molecule has 0 fully saturated rings. The molecule has 2 aliphatic rings. The molecule has 5 rings (SSSR count). The summed E-state index contributed by atoms with van der Waals surface area (Å²) in [5.41, 5.74) is 4.34. The highest BCUT2D eigenvalue weighted by atomic mass is 32.2. The summed E-state index contributed by atoms with van der Waals surface area (Å²) in [6.45, 7) is -0.133. The molecule has 0 N–H and O–H groups in total. The van der Waals surface area contributed by atoms with Crippen molar-refractivity contribution in [2.45, 2.75) is 29.1 Å². The number of benzene rings is 3. The lowest BCUT2D eigenvalue weighted by Crippen LogP contribution is -2.39. The SMILES string of the molecule is N#Cc1ccc(-c2ccc3c(c2)N(S(=O)(=O)c2ccc4c(c2)CCC4)CCS3(=O)=O)cc1. The van der Waals surface area contributed by atoms with Crippen LogP contribution in [0.1, 0.15) is 23.1 Å². The normalized spacial score (nSPS) is 16.8. The fourth-order valence-electron chi connectivity index (χ4n) is 4.41. The van der Waals surface area contributed by atoms with Crippen molar-refractivity contribution >= 4 is 25.5 Å². The van der Waals surface area contributed by atoms with Gasteiger partial charge in [0.1, 0.15) is 0 Å². The minimum absolute atomic E-state index is 0.0193. The predicted molar refractivity (Wildman–Crippen MR) is 122 cm³/mol. The largest absolute Gasteiger partial charge is 0.264 e. The molecule has 0 bridgehead atoms. The lowest BCUT2D eigenvalue weighted by atomic mass is 10.0. The first kappa shape index (κ1) is 20.7. The van der Waals surface area contributed by atoms with Gasteiger partial charge in [-0.3, -0.25) is 4.31 Å². The Kier molecular flexibility index (Phi) is 4.84. The molecule has 0 radical (unpaired) electrons. The first-order valence-corrected chi connectivity index (χ1v) is 13.4. The molecule has 162 valence electrons. The van der Waals surface area contributed by atoms with E-state index in [1.165, 1.54) is 15.9 Å². The topological polar surface area (TPSA) is 95.3 Å². The number of hydrogen-bond donors (Lipinski definition) is 0. The van der Waals surface area contributed by atoms with Crippen LogP contribution < -0.4 is 4.31 Å². The van der Waals surface area contributed by atoms with E-state index < -0.39 is 19.9 Å². The second-order valence-electron chi connectivity index (χ2n) is 8.05. The Balaban J connectivity index is 1.63. The third-order valence-corrected chi connectivity index (χ3v) is 9.68. The molecule has 0 atom stereocenters. The van der Waals surface area contributed by atoms with Crippen LogP contribution in [0, 0.1) is 11.3 Å². The zero-order valence-electron chi connectivity index (χ0n) is 17.2. The zero-order chi connectivity index (χ0) is 22.5. The van der Waals surface area contributed by atoms with Gasteiger partial charge in [-0.2, -0.15) is 5.26 Å². The Morgan fingerprint density at radius 1 is 0.875 bits per heavy atom. The van der Waals surface area contributed by atoms with E-state index in [9.17, 15) is 16.8 Å². The number of sulfonamides is 1. The van der Waals surface area contributed by atoms with E-state index in [4.69, 9.17) is 5.26 Å². The van der Waals surface area contributed by atoms with Gasteiger partial charge in [-0.15, -0.1) is 0 Å². The number of sulfone groups is 1. The highest BCUT2D eigenvalue weighted by Crippen LogP contribution is 2.38. The maximum absolute atomic E-state index is 13.6. The van der Waals surface area contributed by atoms with Gasteiger partial charge in [0.15, 0.2) is 9.84 Å². The molecular formula is C24H20N2O4S2. The Morgan fingerprint density at radius 3 is 2.34 bits per heavy atom. The summed E-state index contributed by atoms with van der Waals surface area (Å²) in [5, 5.41) is 9.02. The van der Waals surface area contributed by atoms with Gasteiger partial charge in [0.2, 0.25) is 0 Å². The van der Waals surface area contributed by atoms with Crippen LogP contribution in [0.15, 0.2) is 70.5 Å². The second-order valence-corrected chi connectivity index (χ2v) is 12.0. The number of fused-ring (bicyclic) bond motifs is 2. The zero-order valence-corrected chi connectivity index (χ0v) is 18.8. The Bertz CT molecular complexity index is 1490. The molecule has 1 aliphatic carbocycles. The Morgan fingerprint density at radius 2 is 1.59 bits per heavy atom. The van der Waals surface area contributed by atoms with E-state index in [0.717, 1.165) is 30.4 Å². The standard InChI is InChI=1S/C24H20N2O4S2/c25-16-17-4-6-19(7-5-17)21-9-11-24-23(15-21)26(12-13-31(24,27)28)32(29,30)22-10-8-18-2-1-3-20(18)14-22/h4-11,14-15H,1-3,12-13H2. The van der Waals surface area contributed by atoms with E-state index in [-0.39, 0.29) is 27.8 Å². The first-order valence-electron chi connectivity index (χ1n) is 10.3. The van der Waals surface area contributed by atoms with Gasteiger partial charge in [0.25, 0.3) is 10.0 Å². The van der Waals surface area contributed by atoms with Crippen LogP contribution in [0.4, 0.5) is 5.69 Å². The molecule has 8 heteroatoms. The number of hydrogen-bond acceptors (Lipinski definition) is 5. The molecule has 0 saturated carbocycles. The van der Waals surface area contributed by atoms with Gasteiger partial charge >= 0.3 is 0 Å². The van der Waals surface area contributed by atoms with E-state index in [0.29, 0.717) is 11.1 Å². The number of nitriles is 1. The monoisotopic (exact) mass is 464 g/mol. The third kappa shape index (κ3) is 3.38. The Labute approximate surface area is 187 Å². The fraction of sp³-hybridized carbons (Fsp3) is 0.208. The molecule has 1 aliphatic heterocycles. The van der Waals surface area contributed by atoms with Crippen molar-refractivity contribution in [3.8, 4) is 17.2 Å². The van der Waals surface area contributed by atoms with Crippen molar-refractivity contribution in [2.24, 2.45) is 0 Å². The number of rotatable bonds is 3. The van der Waals surface area contributed by atoms with Crippen molar-refractivity contribution in [1.82, 2.24) is 0 Å². The molecule has 0 spiro atoms. The van der Waals surface area contributed by atoms with Crippen LogP contribution in [-0.4, -0.2) is 29.1 Å². The van der Waals surface area contributed by atoms with Crippen molar-refractivity contribution in [2.75, 3.05) is 16.6 Å². The van der Waals surface area contributed by atoms with Gasteiger partial charge in [-0.25, -0.2) is 16.8 Å². The van der Waals surface area contributed by atoms with Crippen molar-refractivity contribution in [1.29, 1.82) is 5.26 Å². The summed E-state index contributed by atoms with van der Waals surface area (Å²) in [5.74, 6) is -0.264. The molecule has 3 aromatic rings. The molecule has 0 amide bonds. The van der Waals surface area contributed by atoms with E-state index in [2.05, 4.69) is 6.07 Å². The van der Waals surface area contributed by atoms with Crippen LogP contribution in [-0.2, 0) is 32.7 Å². The molecule has 0 aromatic heterocycles. The van der Waals surface area contributed by atoms with Crippen LogP contribution in [0.25, 0.3) is 11.1 Å². The number of anilines is 1. The van der Waals surface area contributed by atoms with Gasteiger partial charge in [0.05, 0.1) is 32.9 Å². The van der Waals surface area contributed by atoms with E-state index in [1.54, 1.807) is 48.5 Å². The van der Waals surface area contributed by atoms with Gasteiger partial charge < -0.3 is 0 Å². The van der Waals surface area contributed by atoms with Gasteiger partial charge in [0, 0.05) is 6.54 Å². The molecule has 6 nitrogen and oxygen atoms in total. The van der Waals surface area contributed by atoms with Crippen molar-refractivity contribution < 1.29 is 16.8 Å². The van der Waals surface area contributed by atoms with Crippen LogP contribution in [0.5, 0.6) is 0 Å². The minimum Gasteiger partial charge on any atom is -0.264 e. The summed E-state index contributed by atoms with van der Waals surface area (Å²) in [4.78, 5) is 0.207. The predicted octanol–water partition coefficient (Wildman–Crippen LogP) is 3.70. The maximum atomic E-state index is 13.6. The molecule has 1 heterocycles. The average molecular weight is 465 g/mol. The Hall–Kier alpha value is -3.15. The summed E-state index contributed by atoms with van der Waals surface area (Å²) >= 11 is 0. The lowest BCUT2D eigenvalue weighted by Gasteiger charge is -2.31.